The number of nitrogens with zero attached hydrogens (tertiary/aromatic N) is 1. The van der Waals surface area contributed by atoms with Crippen LogP contribution in [0.15, 0.2) is 42.7 Å². The van der Waals surface area contributed by atoms with E-state index in [0.717, 1.165) is 30.0 Å². The number of benzene rings is 1. The van der Waals surface area contributed by atoms with Gasteiger partial charge >= 0.3 is 0 Å². The van der Waals surface area contributed by atoms with E-state index in [1.165, 1.54) is 5.56 Å². The van der Waals surface area contributed by atoms with E-state index in [4.69, 9.17) is 4.74 Å². The zero-order chi connectivity index (χ0) is 14.4. The first kappa shape index (κ1) is 14.5. The quantitative estimate of drug-likeness (QED) is 0.857. The van der Waals surface area contributed by atoms with Gasteiger partial charge in [0.25, 0.3) is 0 Å². The molecule has 0 aliphatic carbocycles. The summed E-state index contributed by atoms with van der Waals surface area (Å²) in [5, 5.41) is 3.13. The van der Waals surface area contributed by atoms with Gasteiger partial charge < -0.3 is 10.1 Å². The Hall–Kier alpha value is -1.87. The lowest BCUT2D eigenvalue weighted by molar-refractivity contribution is 0.471. The van der Waals surface area contributed by atoms with E-state index in [0.29, 0.717) is 5.92 Å². The average molecular weight is 270 g/mol. The molecule has 0 aliphatic heterocycles. The zero-order valence-corrected chi connectivity index (χ0v) is 12.4. The van der Waals surface area contributed by atoms with Crippen LogP contribution in [0.1, 0.15) is 37.3 Å². The van der Waals surface area contributed by atoms with Gasteiger partial charge in [-0.2, -0.15) is 0 Å². The first-order valence-electron chi connectivity index (χ1n) is 7.10. The molecule has 1 aromatic heterocycles. The van der Waals surface area contributed by atoms with Crippen LogP contribution in [-0.4, -0.2) is 12.0 Å². The standard InChI is InChI=1S/C17H22N2O/c1-4-13(2)14-5-7-16(8-6-14)20-17-12-19-10-9-15(17)11-18-3/h5-10,12-13,18H,4,11H2,1-3H3. The first-order chi connectivity index (χ1) is 9.74. The van der Waals surface area contributed by atoms with Gasteiger partial charge in [-0.3, -0.25) is 4.98 Å². The van der Waals surface area contributed by atoms with E-state index in [-0.39, 0.29) is 0 Å². The molecule has 20 heavy (non-hydrogen) atoms. The van der Waals surface area contributed by atoms with Crippen molar-refractivity contribution in [1.29, 1.82) is 0 Å². The minimum absolute atomic E-state index is 0.585. The van der Waals surface area contributed by atoms with Gasteiger partial charge in [-0.15, -0.1) is 0 Å². The lowest BCUT2D eigenvalue weighted by atomic mass is 9.99. The Morgan fingerprint density at radius 2 is 1.95 bits per heavy atom. The Balaban J connectivity index is 2.14. The number of aromatic nitrogens is 1. The molecule has 0 saturated carbocycles. The molecule has 106 valence electrons. The van der Waals surface area contributed by atoms with E-state index < -0.39 is 0 Å². The predicted molar refractivity (Wildman–Crippen MR) is 82.2 cm³/mol. The maximum absolute atomic E-state index is 5.93. The van der Waals surface area contributed by atoms with Crippen molar-refractivity contribution in [2.75, 3.05) is 7.05 Å². The van der Waals surface area contributed by atoms with Gasteiger partial charge in [0.2, 0.25) is 0 Å². The Bertz CT molecular complexity index is 537. The number of rotatable bonds is 6. The van der Waals surface area contributed by atoms with Crippen LogP contribution in [0.5, 0.6) is 11.5 Å². The van der Waals surface area contributed by atoms with Crippen LogP contribution in [0, 0.1) is 0 Å². The molecule has 2 aromatic rings. The van der Waals surface area contributed by atoms with Gasteiger partial charge in [0.1, 0.15) is 11.5 Å². The zero-order valence-electron chi connectivity index (χ0n) is 12.4. The highest BCUT2D eigenvalue weighted by molar-refractivity contribution is 5.37. The number of nitrogens with one attached hydrogen (secondary N) is 1. The van der Waals surface area contributed by atoms with Crippen LogP contribution in [0.25, 0.3) is 0 Å². The molecule has 0 saturated heterocycles. The molecule has 3 nitrogen and oxygen atoms in total. The summed E-state index contributed by atoms with van der Waals surface area (Å²) in [4.78, 5) is 4.13. The molecule has 0 amide bonds. The minimum atomic E-state index is 0.585. The van der Waals surface area contributed by atoms with Crippen molar-refractivity contribution in [2.24, 2.45) is 0 Å². The van der Waals surface area contributed by atoms with Gasteiger partial charge in [0.05, 0.1) is 6.20 Å². The first-order valence-corrected chi connectivity index (χ1v) is 7.10. The molecular weight excluding hydrogens is 248 g/mol. The summed E-state index contributed by atoms with van der Waals surface area (Å²) in [5.41, 5.74) is 2.45. The average Bonchev–Trinajstić information content (AvgIpc) is 2.49. The molecule has 0 fully saturated rings. The van der Waals surface area contributed by atoms with Gasteiger partial charge in [-0.1, -0.05) is 26.0 Å². The molecule has 1 heterocycles. The van der Waals surface area contributed by atoms with Crippen molar-refractivity contribution in [3.63, 3.8) is 0 Å². The van der Waals surface area contributed by atoms with Crippen molar-refractivity contribution in [3.05, 3.63) is 53.9 Å². The normalized spacial score (nSPS) is 12.2. The van der Waals surface area contributed by atoms with Crippen molar-refractivity contribution in [2.45, 2.75) is 32.7 Å². The summed E-state index contributed by atoms with van der Waals surface area (Å²) < 4.78 is 5.93. The second kappa shape index (κ2) is 7.06. The van der Waals surface area contributed by atoms with E-state index in [2.05, 4.69) is 36.3 Å². The second-order valence-corrected chi connectivity index (χ2v) is 4.99. The van der Waals surface area contributed by atoms with Crippen LogP contribution in [-0.2, 0) is 6.54 Å². The third-order valence-corrected chi connectivity index (χ3v) is 3.53. The Morgan fingerprint density at radius 3 is 2.60 bits per heavy atom. The molecule has 0 spiro atoms. The van der Waals surface area contributed by atoms with Crippen molar-refractivity contribution < 1.29 is 4.74 Å². The lowest BCUT2D eigenvalue weighted by Crippen LogP contribution is -2.06. The third-order valence-electron chi connectivity index (χ3n) is 3.53. The van der Waals surface area contributed by atoms with Crippen LogP contribution < -0.4 is 10.1 Å². The van der Waals surface area contributed by atoms with Crippen molar-refractivity contribution in [1.82, 2.24) is 10.3 Å². The third kappa shape index (κ3) is 3.58. The summed E-state index contributed by atoms with van der Waals surface area (Å²) >= 11 is 0. The van der Waals surface area contributed by atoms with Crippen LogP contribution in [0.3, 0.4) is 0 Å². The molecule has 3 heteroatoms. The summed E-state index contributed by atoms with van der Waals surface area (Å²) in [7, 11) is 1.92. The second-order valence-electron chi connectivity index (χ2n) is 4.99. The maximum atomic E-state index is 5.93. The van der Waals surface area contributed by atoms with Crippen LogP contribution in [0.2, 0.25) is 0 Å². The Kier molecular flexibility index (Phi) is 5.13. The van der Waals surface area contributed by atoms with E-state index in [1.807, 2.05) is 25.2 Å². The molecule has 1 unspecified atom stereocenters. The Morgan fingerprint density at radius 1 is 1.20 bits per heavy atom. The van der Waals surface area contributed by atoms with Gasteiger partial charge in [-0.05, 0) is 43.1 Å². The van der Waals surface area contributed by atoms with Crippen LogP contribution in [0.4, 0.5) is 0 Å². The number of hydrogen-bond donors (Lipinski definition) is 1. The highest BCUT2D eigenvalue weighted by Gasteiger charge is 2.06. The summed E-state index contributed by atoms with van der Waals surface area (Å²) in [6, 6.07) is 10.3. The number of pyridine rings is 1. The molecule has 0 aliphatic rings. The highest BCUT2D eigenvalue weighted by Crippen LogP contribution is 2.26. The van der Waals surface area contributed by atoms with Gasteiger partial charge in [-0.25, -0.2) is 0 Å². The van der Waals surface area contributed by atoms with Gasteiger partial charge in [0.15, 0.2) is 0 Å². The van der Waals surface area contributed by atoms with Crippen molar-refractivity contribution in [3.8, 4) is 11.5 Å². The monoisotopic (exact) mass is 270 g/mol. The smallest absolute Gasteiger partial charge is 0.150 e. The van der Waals surface area contributed by atoms with Gasteiger partial charge in [0, 0.05) is 18.3 Å². The van der Waals surface area contributed by atoms with E-state index in [9.17, 15) is 0 Å². The molecule has 0 bridgehead atoms. The number of hydrogen-bond acceptors (Lipinski definition) is 3. The van der Waals surface area contributed by atoms with Crippen molar-refractivity contribution >= 4 is 0 Å². The fraction of sp³-hybridized carbons (Fsp3) is 0.353. The summed E-state index contributed by atoms with van der Waals surface area (Å²) in [6.07, 6.45) is 4.69. The summed E-state index contributed by atoms with van der Waals surface area (Å²) in [6.45, 7) is 5.21. The Labute approximate surface area is 121 Å². The van der Waals surface area contributed by atoms with E-state index >= 15 is 0 Å². The fourth-order valence-electron chi connectivity index (χ4n) is 2.06. The minimum Gasteiger partial charge on any atom is -0.455 e. The van der Waals surface area contributed by atoms with E-state index in [1.54, 1.807) is 12.4 Å². The topological polar surface area (TPSA) is 34.1 Å². The maximum Gasteiger partial charge on any atom is 0.150 e. The molecule has 1 aromatic carbocycles. The molecule has 1 atom stereocenters. The molecule has 1 N–H and O–H groups in total. The molecule has 2 rings (SSSR count). The largest absolute Gasteiger partial charge is 0.455 e. The SMILES string of the molecule is CCC(C)c1ccc(Oc2cnccc2CNC)cc1. The fourth-order valence-corrected chi connectivity index (χ4v) is 2.06. The predicted octanol–water partition coefficient (Wildman–Crippen LogP) is 4.11. The molecule has 0 radical (unpaired) electrons. The lowest BCUT2D eigenvalue weighted by Gasteiger charge is -2.12. The summed E-state index contributed by atoms with van der Waals surface area (Å²) in [5.74, 6) is 2.24. The number of ether oxygens (including phenoxy) is 1. The molecular formula is C17H22N2O. The van der Waals surface area contributed by atoms with Crippen LogP contribution >= 0.6 is 0 Å². The highest BCUT2D eigenvalue weighted by atomic mass is 16.5.